The van der Waals surface area contributed by atoms with Gasteiger partial charge in [-0.05, 0) is 30.7 Å². The summed E-state index contributed by atoms with van der Waals surface area (Å²) >= 11 is 0. The minimum absolute atomic E-state index is 0.0744. The van der Waals surface area contributed by atoms with E-state index in [0.717, 1.165) is 6.42 Å². The van der Waals surface area contributed by atoms with Crippen molar-refractivity contribution in [3.8, 4) is 11.4 Å². The van der Waals surface area contributed by atoms with Crippen LogP contribution < -0.4 is 11.0 Å². The Hall–Kier alpha value is -3.28. The third-order valence-corrected chi connectivity index (χ3v) is 4.55. The maximum atomic E-state index is 14.4. The summed E-state index contributed by atoms with van der Waals surface area (Å²) in [5, 5.41) is 0.217. The van der Waals surface area contributed by atoms with Gasteiger partial charge in [0.05, 0.1) is 10.9 Å². The van der Waals surface area contributed by atoms with Gasteiger partial charge >= 0.3 is 0 Å². The third kappa shape index (κ3) is 2.83. The highest BCUT2D eigenvalue weighted by molar-refractivity contribution is 5.88. The lowest BCUT2D eigenvalue weighted by molar-refractivity contribution is 0.590. The van der Waals surface area contributed by atoms with Gasteiger partial charge in [-0.25, -0.2) is 4.39 Å². The molecule has 5 nitrogen and oxygen atoms in total. The fourth-order valence-corrected chi connectivity index (χ4v) is 3.16. The summed E-state index contributed by atoms with van der Waals surface area (Å²) in [6, 6.07) is 12.8. The monoisotopic (exact) mass is 364 g/mol. The zero-order chi connectivity index (χ0) is 19.0. The summed E-state index contributed by atoms with van der Waals surface area (Å²) in [6.45, 7) is 2.33. The molecule has 6 heteroatoms. The SMILES string of the molecule is CCCCn1c(-c2ccccc2F)nc2oc3ccccc3c(=O)c2c1=O. The first-order valence-electron chi connectivity index (χ1n) is 8.83. The fraction of sp³-hybridized carbons (Fsp3) is 0.190. The summed E-state index contributed by atoms with van der Waals surface area (Å²) in [4.78, 5) is 30.4. The van der Waals surface area contributed by atoms with E-state index >= 15 is 0 Å². The van der Waals surface area contributed by atoms with Crippen molar-refractivity contribution in [1.82, 2.24) is 9.55 Å². The van der Waals surface area contributed by atoms with E-state index < -0.39 is 16.8 Å². The molecule has 0 atom stereocenters. The molecule has 136 valence electrons. The van der Waals surface area contributed by atoms with Crippen LogP contribution in [-0.2, 0) is 6.54 Å². The lowest BCUT2D eigenvalue weighted by Crippen LogP contribution is -2.27. The van der Waals surface area contributed by atoms with Crippen LogP contribution in [0.25, 0.3) is 33.5 Å². The van der Waals surface area contributed by atoms with Crippen LogP contribution >= 0.6 is 0 Å². The maximum Gasteiger partial charge on any atom is 0.269 e. The molecule has 0 saturated heterocycles. The number of rotatable bonds is 4. The molecular formula is C21H17FN2O3. The zero-order valence-electron chi connectivity index (χ0n) is 14.7. The van der Waals surface area contributed by atoms with E-state index in [9.17, 15) is 14.0 Å². The minimum Gasteiger partial charge on any atom is -0.437 e. The molecule has 0 spiro atoms. The Balaban J connectivity index is 2.14. The minimum atomic E-state index is -0.508. The first-order valence-corrected chi connectivity index (χ1v) is 8.83. The van der Waals surface area contributed by atoms with Gasteiger partial charge in [-0.2, -0.15) is 4.98 Å². The first-order chi connectivity index (χ1) is 13.1. The molecule has 4 rings (SSSR count). The predicted octanol–water partition coefficient (Wildman–Crippen LogP) is 4.11. The van der Waals surface area contributed by atoms with Crippen LogP contribution in [0.3, 0.4) is 0 Å². The summed E-state index contributed by atoms with van der Waals surface area (Å²) in [5.41, 5.74) is -0.466. The number of hydrogen-bond acceptors (Lipinski definition) is 4. The van der Waals surface area contributed by atoms with Crippen LogP contribution in [-0.4, -0.2) is 9.55 Å². The van der Waals surface area contributed by atoms with Crippen molar-refractivity contribution in [1.29, 1.82) is 0 Å². The summed E-state index contributed by atoms with van der Waals surface area (Å²) in [7, 11) is 0. The summed E-state index contributed by atoms with van der Waals surface area (Å²) in [5.74, 6) is -0.324. The number of benzene rings is 2. The molecular weight excluding hydrogens is 347 g/mol. The van der Waals surface area contributed by atoms with Gasteiger partial charge < -0.3 is 4.42 Å². The quantitative estimate of drug-likeness (QED) is 0.511. The first kappa shape index (κ1) is 17.1. The van der Waals surface area contributed by atoms with Crippen molar-refractivity contribution in [2.75, 3.05) is 0 Å². The number of fused-ring (bicyclic) bond motifs is 2. The van der Waals surface area contributed by atoms with Crippen LogP contribution in [0.1, 0.15) is 19.8 Å². The average molecular weight is 364 g/mol. The molecule has 2 heterocycles. The molecule has 0 N–H and O–H groups in total. The van der Waals surface area contributed by atoms with Crippen molar-refractivity contribution in [2.24, 2.45) is 0 Å². The van der Waals surface area contributed by atoms with E-state index in [1.54, 1.807) is 42.5 Å². The van der Waals surface area contributed by atoms with Gasteiger partial charge in [-0.15, -0.1) is 0 Å². The standard InChI is InChI=1S/C21H17FN2O3/c1-2-3-12-24-19(13-8-4-6-10-15(13)22)23-20-17(21(24)26)18(25)14-9-5-7-11-16(14)27-20/h4-11H,2-3,12H2,1H3. The predicted molar refractivity (Wildman–Crippen MR) is 102 cm³/mol. The largest absolute Gasteiger partial charge is 0.437 e. The van der Waals surface area contributed by atoms with Gasteiger partial charge in [0.25, 0.3) is 5.56 Å². The Morgan fingerprint density at radius 2 is 1.81 bits per heavy atom. The van der Waals surface area contributed by atoms with Gasteiger partial charge in [-0.1, -0.05) is 37.6 Å². The number of nitrogens with zero attached hydrogens (tertiary/aromatic N) is 2. The summed E-state index contributed by atoms with van der Waals surface area (Å²) < 4.78 is 21.5. The van der Waals surface area contributed by atoms with E-state index in [2.05, 4.69) is 4.98 Å². The zero-order valence-corrected chi connectivity index (χ0v) is 14.7. The normalized spacial score (nSPS) is 11.3. The molecule has 0 amide bonds. The highest BCUT2D eigenvalue weighted by atomic mass is 19.1. The second kappa shape index (κ2) is 6.79. The van der Waals surface area contributed by atoms with Crippen molar-refractivity contribution < 1.29 is 8.81 Å². The van der Waals surface area contributed by atoms with Crippen molar-refractivity contribution in [2.45, 2.75) is 26.3 Å². The van der Waals surface area contributed by atoms with Crippen LogP contribution in [0.2, 0.25) is 0 Å². The molecule has 2 aromatic heterocycles. The number of unbranched alkanes of at least 4 members (excludes halogenated alkanes) is 1. The second-order valence-electron chi connectivity index (χ2n) is 6.33. The van der Waals surface area contributed by atoms with Crippen molar-refractivity contribution in [3.63, 3.8) is 0 Å². The van der Waals surface area contributed by atoms with E-state index in [0.29, 0.717) is 23.9 Å². The van der Waals surface area contributed by atoms with Gasteiger partial charge in [0.1, 0.15) is 17.2 Å². The maximum absolute atomic E-state index is 14.4. The van der Waals surface area contributed by atoms with Gasteiger partial charge in [0, 0.05) is 6.54 Å². The Bertz CT molecular complexity index is 1270. The number of aromatic nitrogens is 2. The molecule has 0 aliphatic rings. The van der Waals surface area contributed by atoms with Crippen molar-refractivity contribution >= 4 is 22.1 Å². The number of hydrogen-bond donors (Lipinski definition) is 0. The highest BCUT2D eigenvalue weighted by Crippen LogP contribution is 2.23. The lowest BCUT2D eigenvalue weighted by Gasteiger charge is -2.13. The van der Waals surface area contributed by atoms with Gasteiger partial charge in [-0.3, -0.25) is 14.2 Å². The number of halogens is 1. The second-order valence-corrected chi connectivity index (χ2v) is 6.33. The van der Waals surface area contributed by atoms with Gasteiger partial charge in [0.15, 0.2) is 5.39 Å². The Morgan fingerprint density at radius 1 is 1.07 bits per heavy atom. The topological polar surface area (TPSA) is 65.1 Å². The molecule has 0 saturated carbocycles. The third-order valence-electron chi connectivity index (χ3n) is 4.55. The fourth-order valence-electron chi connectivity index (χ4n) is 3.16. The molecule has 0 unspecified atom stereocenters. The molecule has 0 aliphatic carbocycles. The lowest BCUT2D eigenvalue weighted by atomic mass is 10.1. The van der Waals surface area contributed by atoms with E-state index in [1.165, 1.54) is 10.6 Å². The molecule has 27 heavy (non-hydrogen) atoms. The molecule has 4 aromatic rings. The van der Waals surface area contributed by atoms with E-state index in [-0.39, 0.29) is 22.5 Å². The molecule has 2 aromatic carbocycles. The Morgan fingerprint density at radius 3 is 2.59 bits per heavy atom. The number of para-hydroxylation sites is 1. The van der Waals surface area contributed by atoms with Crippen LogP contribution in [0.15, 0.2) is 62.5 Å². The average Bonchev–Trinajstić information content (AvgIpc) is 2.67. The highest BCUT2D eigenvalue weighted by Gasteiger charge is 2.20. The summed E-state index contributed by atoms with van der Waals surface area (Å²) in [6.07, 6.45) is 1.54. The molecule has 0 bridgehead atoms. The van der Waals surface area contributed by atoms with Crippen LogP contribution in [0.4, 0.5) is 4.39 Å². The van der Waals surface area contributed by atoms with E-state index in [4.69, 9.17) is 4.42 Å². The van der Waals surface area contributed by atoms with Crippen molar-refractivity contribution in [3.05, 3.63) is 74.9 Å². The molecule has 0 aliphatic heterocycles. The van der Waals surface area contributed by atoms with Gasteiger partial charge in [0.2, 0.25) is 11.1 Å². The molecule has 0 fully saturated rings. The van der Waals surface area contributed by atoms with Crippen LogP contribution in [0, 0.1) is 5.82 Å². The molecule has 0 radical (unpaired) electrons. The Kier molecular flexibility index (Phi) is 4.32. The smallest absolute Gasteiger partial charge is 0.269 e. The van der Waals surface area contributed by atoms with Crippen LogP contribution in [0.5, 0.6) is 0 Å². The van der Waals surface area contributed by atoms with E-state index in [1.807, 2.05) is 6.92 Å². The Labute approximate surface area is 153 Å².